The number of anilines is 1. The third-order valence-corrected chi connectivity index (χ3v) is 6.96. The highest BCUT2D eigenvalue weighted by molar-refractivity contribution is 7.94. The first-order valence-electron chi connectivity index (χ1n) is 4.05. The molecule has 7 heteroatoms. The summed E-state index contributed by atoms with van der Waals surface area (Å²) in [6, 6.07) is 0. The van der Waals surface area contributed by atoms with E-state index in [1.165, 1.54) is 11.6 Å². The molecule has 0 fully saturated rings. The van der Waals surface area contributed by atoms with Crippen LogP contribution in [0.4, 0.5) is 5.69 Å². The predicted octanol–water partition coefficient (Wildman–Crippen LogP) is 2.56. The Bertz CT molecular complexity index is 598. The molecule has 1 amide bonds. The van der Waals surface area contributed by atoms with Crippen LogP contribution in [-0.4, -0.2) is 5.91 Å². The van der Waals surface area contributed by atoms with E-state index in [1.54, 1.807) is 0 Å². The molecule has 0 aliphatic carbocycles. The summed E-state index contributed by atoms with van der Waals surface area (Å²) in [4.78, 5) is 11.3. The first kappa shape index (κ1) is 9.98. The van der Waals surface area contributed by atoms with Crippen molar-refractivity contribution >= 4 is 64.3 Å². The Balaban J connectivity index is 2.37. The number of halogens is 3. The SMILES string of the molecule is CC(=O)N1c2c(Cl)c(Cl)c(Cl)c3c2P31=O. The molecule has 0 saturated carbocycles. The van der Waals surface area contributed by atoms with Gasteiger partial charge in [-0.1, -0.05) is 34.8 Å². The van der Waals surface area contributed by atoms with Crippen LogP contribution in [0.1, 0.15) is 6.92 Å². The van der Waals surface area contributed by atoms with Gasteiger partial charge in [0.05, 0.1) is 31.4 Å². The van der Waals surface area contributed by atoms with Gasteiger partial charge in [0.1, 0.15) is 0 Å². The van der Waals surface area contributed by atoms with Crippen molar-refractivity contribution in [2.45, 2.75) is 6.92 Å². The van der Waals surface area contributed by atoms with Crippen molar-refractivity contribution in [3.63, 3.8) is 0 Å². The lowest BCUT2D eigenvalue weighted by Gasteiger charge is -2.27. The van der Waals surface area contributed by atoms with Crippen LogP contribution in [0.2, 0.25) is 15.1 Å². The summed E-state index contributed by atoms with van der Waals surface area (Å²) in [7, 11) is -2.80. The second-order valence-electron chi connectivity index (χ2n) is 3.39. The van der Waals surface area contributed by atoms with E-state index in [0.717, 1.165) is 0 Å². The minimum absolute atomic E-state index is 0.175. The van der Waals surface area contributed by atoms with Crippen LogP contribution in [-0.2, 0) is 9.36 Å². The molecule has 3 rings (SSSR count). The zero-order valence-corrected chi connectivity index (χ0v) is 10.5. The topological polar surface area (TPSA) is 37.4 Å². The smallest absolute Gasteiger partial charge is 0.241 e. The zero-order chi connectivity index (χ0) is 11.1. The molecule has 0 aromatic heterocycles. The van der Waals surface area contributed by atoms with Gasteiger partial charge < -0.3 is 0 Å². The molecular formula is C8H3Cl3NO2P. The summed E-state index contributed by atoms with van der Waals surface area (Å²) in [6.45, 7) is 1.34. The standard InChI is InChI=1S/C8H3Cl3NO2P/c1-2(13)12-6-4(10)3(9)5(11)7-8(6)15(7,12)14/h1H3. The fourth-order valence-corrected chi connectivity index (χ4v) is 6.19. The van der Waals surface area contributed by atoms with Crippen LogP contribution in [0.25, 0.3) is 0 Å². The number of fused-ring (bicyclic) bond motifs is 1. The molecule has 3 nitrogen and oxygen atoms in total. The second-order valence-corrected chi connectivity index (χ2v) is 6.97. The van der Waals surface area contributed by atoms with Crippen LogP contribution < -0.4 is 15.3 Å². The second kappa shape index (κ2) is 2.54. The van der Waals surface area contributed by atoms with E-state index in [-0.39, 0.29) is 21.0 Å². The molecule has 0 N–H and O–H groups in total. The molecule has 2 heterocycles. The number of carbonyl (C=O) groups is 1. The maximum absolute atomic E-state index is 12.2. The van der Waals surface area contributed by atoms with Crippen molar-refractivity contribution in [1.29, 1.82) is 0 Å². The third kappa shape index (κ3) is 0.839. The van der Waals surface area contributed by atoms with E-state index < -0.39 is 7.29 Å². The number of benzene rings is 1. The van der Waals surface area contributed by atoms with E-state index in [4.69, 9.17) is 34.8 Å². The molecule has 1 aromatic carbocycles. The average Bonchev–Trinajstić information content (AvgIpc) is 2.65. The van der Waals surface area contributed by atoms with Crippen LogP contribution in [0, 0.1) is 0 Å². The Kier molecular flexibility index (Phi) is 1.69. The Morgan fingerprint density at radius 2 is 1.73 bits per heavy atom. The van der Waals surface area contributed by atoms with Gasteiger partial charge in [-0.05, 0) is 0 Å². The molecule has 2 aliphatic rings. The number of hydrogen-bond donors (Lipinski definition) is 0. The molecule has 0 spiro atoms. The molecule has 1 unspecified atom stereocenters. The number of rotatable bonds is 0. The predicted molar refractivity (Wildman–Crippen MR) is 61.5 cm³/mol. The highest BCUT2D eigenvalue weighted by Crippen LogP contribution is 2.74. The molecule has 1 aromatic rings. The highest BCUT2D eigenvalue weighted by Gasteiger charge is 2.68. The van der Waals surface area contributed by atoms with Gasteiger partial charge in [0.25, 0.3) is 0 Å². The fourth-order valence-electron chi connectivity index (χ4n) is 1.97. The number of hydrogen-bond acceptors (Lipinski definition) is 2. The highest BCUT2D eigenvalue weighted by atomic mass is 35.5. The number of amides is 1. The first-order chi connectivity index (χ1) is 6.92. The molecule has 0 saturated heterocycles. The minimum atomic E-state index is -2.80. The van der Waals surface area contributed by atoms with Crippen molar-refractivity contribution in [3.8, 4) is 0 Å². The Hall–Kier alpha value is -0.210. The van der Waals surface area contributed by atoms with Gasteiger partial charge in [-0.15, -0.1) is 0 Å². The molecular weight excluding hydrogens is 279 g/mol. The van der Waals surface area contributed by atoms with Crippen molar-refractivity contribution < 1.29 is 9.36 Å². The van der Waals surface area contributed by atoms with E-state index in [2.05, 4.69) is 0 Å². The van der Waals surface area contributed by atoms with E-state index >= 15 is 0 Å². The Morgan fingerprint density at radius 1 is 1.13 bits per heavy atom. The molecule has 0 radical (unpaired) electrons. The zero-order valence-electron chi connectivity index (χ0n) is 7.34. The van der Waals surface area contributed by atoms with Gasteiger partial charge in [-0.2, -0.15) is 0 Å². The van der Waals surface area contributed by atoms with Gasteiger partial charge in [0.2, 0.25) is 13.2 Å². The Labute approximate surface area is 100 Å². The lowest BCUT2D eigenvalue weighted by atomic mass is 10.3. The molecule has 1 atom stereocenters. The first-order valence-corrected chi connectivity index (χ1v) is 6.84. The molecule has 2 aliphatic heterocycles. The summed E-state index contributed by atoms with van der Waals surface area (Å²) in [5, 5.41) is 1.72. The summed E-state index contributed by atoms with van der Waals surface area (Å²) < 4.78 is 13.4. The lowest BCUT2D eigenvalue weighted by Crippen LogP contribution is -2.31. The summed E-state index contributed by atoms with van der Waals surface area (Å²) in [5.41, 5.74) is 0.469. The quantitative estimate of drug-likeness (QED) is 0.542. The van der Waals surface area contributed by atoms with Gasteiger partial charge in [0, 0.05) is 6.92 Å². The minimum Gasteiger partial charge on any atom is -0.289 e. The van der Waals surface area contributed by atoms with Crippen molar-refractivity contribution in [2.24, 2.45) is 0 Å². The van der Waals surface area contributed by atoms with Gasteiger partial charge in [-0.3, -0.25) is 14.0 Å². The van der Waals surface area contributed by atoms with Crippen LogP contribution >= 0.6 is 42.1 Å². The summed E-state index contributed by atoms with van der Waals surface area (Å²) in [6.07, 6.45) is 0. The monoisotopic (exact) mass is 281 g/mol. The number of carbonyl (C=O) groups excluding carboxylic acids is 1. The molecule has 0 bridgehead atoms. The molecule has 15 heavy (non-hydrogen) atoms. The largest absolute Gasteiger partial charge is 0.289 e. The number of nitrogens with zero attached hydrogens (tertiary/aromatic N) is 1. The van der Waals surface area contributed by atoms with Gasteiger partial charge in [-0.25, -0.2) is 0 Å². The van der Waals surface area contributed by atoms with Crippen LogP contribution in [0.5, 0.6) is 0 Å². The van der Waals surface area contributed by atoms with Crippen LogP contribution in [0.15, 0.2) is 0 Å². The molecule has 78 valence electrons. The van der Waals surface area contributed by atoms with Crippen molar-refractivity contribution in [3.05, 3.63) is 15.1 Å². The van der Waals surface area contributed by atoms with Crippen LogP contribution in [0.3, 0.4) is 0 Å². The third-order valence-electron chi connectivity index (χ3n) is 2.60. The van der Waals surface area contributed by atoms with Crippen molar-refractivity contribution in [2.75, 3.05) is 4.67 Å². The van der Waals surface area contributed by atoms with E-state index in [1.807, 2.05) is 0 Å². The average molecular weight is 282 g/mol. The van der Waals surface area contributed by atoms with E-state index in [9.17, 15) is 9.36 Å². The lowest BCUT2D eigenvalue weighted by molar-refractivity contribution is -0.115. The Morgan fingerprint density at radius 3 is 2.27 bits per heavy atom. The summed E-state index contributed by atoms with van der Waals surface area (Å²) in [5.74, 6) is -0.305. The fraction of sp³-hybridized carbons (Fsp3) is 0.125. The maximum Gasteiger partial charge on any atom is 0.241 e. The van der Waals surface area contributed by atoms with E-state index in [0.29, 0.717) is 16.3 Å². The maximum atomic E-state index is 12.2. The summed E-state index contributed by atoms with van der Waals surface area (Å²) >= 11 is 17.7. The normalized spacial score (nSPS) is 24.7. The van der Waals surface area contributed by atoms with Gasteiger partial charge in [0.15, 0.2) is 0 Å². The van der Waals surface area contributed by atoms with Gasteiger partial charge >= 0.3 is 0 Å². The van der Waals surface area contributed by atoms with Crippen molar-refractivity contribution in [1.82, 2.24) is 0 Å².